The smallest absolute Gasteiger partial charge is 0.405 e. The molecule has 254 valence electrons. The van der Waals surface area contributed by atoms with Crippen LogP contribution in [-0.2, 0) is 24.3 Å². The Kier molecular flexibility index (Phi) is 9.48. The molecule has 1 aliphatic rings. The van der Waals surface area contributed by atoms with E-state index in [0.717, 1.165) is 24.6 Å². The third-order valence-corrected chi connectivity index (χ3v) is 8.08. The molecule has 0 aliphatic carbocycles. The van der Waals surface area contributed by atoms with Gasteiger partial charge in [0.25, 0.3) is 5.91 Å². The second-order valence-corrected chi connectivity index (χ2v) is 11.5. The molecule has 0 saturated carbocycles. The van der Waals surface area contributed by atoms with Crippen LogP contribution in [0.15, 0.2) is 60.8 Å². The number of amides is 1. The fourth-order valence-corrected chi connectivity index (χ4v) is 5.33. The SMILES string of the molecule is O=C(O)c1ccc2nc(Cc3cc(F)c(-c4cccc(OCc5cnc(C(=O)NCC(F)(F)F)cc5Cl)n4)cc3F)n(C[C@@H]3CCO3)c2c1. The van der Waals surface area contributed by atoms with Gasteiger partial charge in [-0.05, 0) is 54.4 Å². The van der Waals surface area contributed by atoms with Crippen molar-refractivity contribution in [3.8, 4) is 17.1 Å². The molecule has 0 spiro atoms. The highest BCUT2D eigenvalue weighted by Crippen LogP contribution is 2.29. The highest BCUT2D eigenvalue weighted by atomic mass is 35.5. The molecule has 16 heteroatoms. The molecule has 0 radical (unpaired) electrons. The first-order valence-corrected chi connectivity index (χ1v) is 15.1. The van der Waals surface area contributed by atoms with Gasteiger partial charge in [-0.25, -0.2) is 23.5 Å². The number of rotatable bonds is 11. The second-order valence-electron chi connectivity index (χ2n) is 11.1. The van der Waals surface area contributed by atoms with Crippen molar-refractivity contribution in [2.24, 2.45) is 0 Å². The van der Waals surface area contributed by atoms with Crippen LogP contribution in [-0.4, -0.2) is 61.9 Å². The van der Waals surface area contributed by atoms with Crippen LogP contribution >= 0.6 is 11.6 Å². The third-order valence-electron chi connectivity index (χ3n) is 7.73. The van der Waals surface area contributed by atoms with Gasteiger partial charge in [-0.3, -0.25) is 9.78 Å². The van der Waals surface area contributed by atoms with Crippen LogP contribution < -0.4 is 10.1 Å². The largest absolute Gasteiger partial charge is 0.478 e. The maximum absolute atomic E-state index is 15.5. The van der Waals surface area contributed by atoms with E-state index in [-0.39, 0.29) is 63.7 Å². The molecule has 4 heterocycles. The van der Waals surface area contributed by atoms with Crippen molar-refractivity contribution in [1.29, 1.82) is 0 Å². The summed E-state index contributed by atoms with van der Waals surface area (Å²) in [6, 6.07) is 12.1. The fourth-order valence-electron chi connectivity index (χ4n) is 5.12. The molecule has 0 unspecified atom stereocenters. The molecule has 2 N–H and O–H groups in total. The lowest BCUT2D eigenvalue weighted by Crippen LogP contribution is -2.34. The van der Waals surface area contributed by atoms with Gasteiger partial charge in [-0.2, -0.15) is 13.2 Å². The number of carboxylic acids is 1. The highest BCUT2D eigenvalue weighted by molar-refractivity contribution is 6.31. The van der Waals surface area contributed by atoms with Crippen molar-refractivity contribution in [3.05, 3.63) is 106 Å². The summed E-state index contributed by atoms with van der Waals surface area (Å²) in [7, 11) is 0. The summed E-state index contributed by atoms with van der Waals surface area (Å²) < 4.78 is 81.2. The van der Waals surface area contributed by atoms with Crippen molar-refractivity contribution in [2.75, 3.05) is 13.2 Å². The van der Waals surface area contributed by atoms with Crippen molar-refractivity contribution < 1.29 is 46.1 Å². The lowest BCUT2D eigenvalue weighted by molar-refractivity contribution is -0.123. The van der Waals surface area contributed by atoms with Gasteiger partial charge in [-0.15, -0.1) is 0 Å². The zero-order chi connectivity index (χ0) is 34.9. The summed E-state index contributed by atoms with van der Waals surface area (Å²) in [5, 5.41) is 11.2. The first-order valence-electron chi connectivity index (χ1n) is 14.8. The predicted molar refractivity (Wildman–Crippen MR) is 165 cm³/mol. The molecule has 6 rings (SSSR count). The summed E-state index contributed by atoms with van der Waals surface area (Å²) >= 11 is 6.19. The van der Waals surface area contributed by atoms with E-state index in [1.165, 1.54) is 36.5 Å². The Morgan fingerprint density at radius 3 is 2.55 bits per heavy atom. The summed E-state index contributed by atoms with van der Waals surface area (Å²) in [5.74, 6) is -3.20. The number of nitrogens with one attached hydrogen (secondary N) is 1. The maximum atomic E-state index is 15.5. The topological polar surface area (TPSA) is 128 Å². The molecule has 1 fully saturated rings. The van der Waals surface area contributed by atoms with E-state index >= 15 is 8.78 Å². The highest BCUT2D eigenvalue weighted by Gasteiger charge is 2.28. The Balaban J connectivity index is 1.18. The summed E-state index contributed by atoms with van der Waals surface area (Å²) in [5.41, 5.74) is 1.05. The average Bonchev–Trinajstić information content (AvgIpc) is 3.38. The average molecular weight is 702 g/mol. The number of ether oxygens (including phenoxy) is 2. The molecule has 0 bridgehead atoms. The van der Waals surface area contributed by atoms with Crippen molar-refractivity contribution in [2.45, 2.75) is 38.3 Å². The number of pyridine rings is 2. The van der Waals surface area contributed by atoms with Gasteiger partial charge in [0.2, 0.25) is 5.88 Å². The second kappa shape index (κ2) is 13.8. The van der Waals surface area contributed by atoms with E-state index in [0.29, 0.717) is 30.0 Å². The quantitative estimate of drug-likeness (QED) is 0.152. The maximum Gasteiger partial charge on any atom is 0.405 e. The summed E-state index contributed by atoms with van der Waals surface area (Å²) in [6.45, 7) is -0.759. The van der Waals surface area contributed by atoms with Gasteiger partial charge < -0.3 is 24.5 Å². The number of carboxylic acid groups (broad SMARTS) is 1. The molecule has 49 heavy (non-hydrogen) atoms. The van der Waals surface area contributed by atoms with Crippen LogP contribution in [0.25, 0.3) is 22.3 Å². The molecular formula is C33H25ClF5N5O5. The number of aromatic carboxylic acids is 1. The van der Waals surface area contributed by atoms with E-state index in [1.54, 1.807) is 16.0 Å². The van der Waals surface area contributed by atoms with Crippen molar-refractivity contribution >= 4 is 34.5 Å². The molecule has 1 saturated heterocycles. The lowest BCUT2D eigenvalue weighted by atomic mass is 10.0. The van der Waals surface area contributed by atoms with Gasteiger partial charge in [0.05, 0.1) is 40.0 Å². The van der Waals surface area contributed by atoms with Crippen LogP contribution in [0.5, 0.6) is 5.88 Å². The van der Waals surface area contributed by atoms with E-state index in [4.69, 9.17) is 21.1 Å². The van der Waals surface area contributed by atoms with E-state index in [2.05, 4.69) is 15.0 Å². The number of carbonyl (C=O) groups is 2. The Bertz CT molecular complexity index is 2070. The van der Waals surface area contributed by atoms with Crippen molar-refractivity contribution in [3.63, 3.8) is 0 Å². The molecule has 5 aromatic rings. The molecule has 1 atom stereocenters. The minimum atomic E-state index is -4.59. The van der Waals surface area contributed by atoms with Crippen LogP contribution in [0.4, 0.5) is 22.0 Å². The Labute approximate surface area is 279 Å². The Morgan fingerprint density at radius 1 is 1.06 bits per heavy atom. The number of benzene rings is 2. The number of alkyl halides is 3. The van der Waals surface area contributed by atoms with Crippen LogP contribution in [0.1, 0.15) is 44.2 Å². The normalized spacial score (nSPS) is 14.4. The minimum absolute atomic E-state index is 0.00286. The van der Waals surface area contributed by atoms with Gasteiger partial charge in [0.15, 0.2) is 0 Å². The third kappa shape index (κ3) is 7.78. The first-order chi connectivity index (χ1) is 23.3. The number of aromatic nitrogens is 4. The molecule has 2 aromatic carbocycles. The number of hydrogen-bond donors (Lipinski definition) is 2. The monoisotopic (exact) mass is 701 g/mol. The van der Waals surface area contributed by atoms with E-state index in [9.17, 15) is 27.9 Å². The summed E-state index contributed by atoms with van der Waals surface area (Å²) in [4.78, 5) is 36.2. The van der Waals surface area contributed by atoms with E-state index in [1.807, 2.05) is 0 Å². The van der Waals surface area contributed by atoms with Crippen LogP contribution in [0.2, 0.25) is 5.02 Å². The first kappa shape index (κ1) is 33.7. The Hall–Kier alpha value is -5.15. The number of fused-ring (bicyclic) bond motifs is 1. The molecule has 1 amide bonds. The lowest BCUT2D eigenvalue weighted by Gasteiger charge is -2.27. The summed E-state index contributed by atoms with van der Waals surface area (Å²) in [6.07, 6.45) is -2.82. The molecule has 1 aliphatic heterocycles. The number of hydrogen-bond acceptors (Lipinski definition) is 7. The van der Waals surface area contributed by atoms with Crippen molar-refractivity contribution in [1.82, 2.24) is 24.8 Å². The number of halogens is 6. The fraction of sp³-hybridized carbons (Fsp3) is 0.242. The van der Waals surface area contributed by atoms with Crippen LogP contribution in [0, 0.1) is 11.6 Å². The Morgan fingerprint density at radius 2 is 1.86 bits per heavy atom. The molecule has 10 nitrogen and oxygen atoms in total. The van der Waals surface area contributed by atoms with Gasteiger partial charge >= 0.3 is 12.1 Å². The number of carbonyl (C=O) groups excluding carboxylic acids is 1. The zero-order valence-electron chi connectivity index (χ0n) is 25.2. The van der Waals surface area contributed by atoms with Crippen LogP contribution in [0.3, 0.4) is 0 Å². The molecule has 3 aromatic heterocycles. The number of nitrogens with zero attached hydrogens (tertiary/aromatic N) is 4. The van der Waals surface area contributed by atoms with E-state index < -0.39 is 36.2 Å². The zero-order valence-corrected chi connectivity index (χ0v) is 26.0. The standard InChI is InChI=1S/C33H25ClF5N5O5/c34-22-12-27(31(45)41-16-33(37,38)39)40-13-19(22)15-49-30-3-1-2-25(43-30)21-11-23(35)18(8-24(21)36)10-29-42-26-5-4-17(32(46)47)9-28(26)44(29)14-20-6-7-48-20/h1-5,8-9,11-13,20H,6-7,10,14-16H2,(H,41,45)(H,46,47)/t20-/m0/s1. The predicted octanol–water partition coefficient (Wildman–Crippen LogP) is 6.37. The molecular weight excluding hydrogens is 677 g/mol. The van der Waals surface area contributed by atoms with Gasteiger partial charge in [-0.1, -0.05) is 17.7 Å². The van der Waals surface area contributed by atoms with Gasteiger partial charge in [0.1, 0.15) is 36.3 Å². The number of imidazole rings is 1. The minimum Gasteiger partial charge on any atom is -0.478 e. The van der Waals surface area contributed by atoms with Gasteiger partial charge in [0, 0.05) is 36.4 Å².